The molecule has 0 radical (unpaired) electrons. The molecule has 312 valence electrons. The normalized spacial score (nSPS) is 12.4. The molecule has 0 fully saturated rings. The van der Waals surface area contributed by atoms with Crippen molar-refractivity contribution >= 4 is 34.0 Å². The molecule has 3 rings (SSSR count). The molecule has 0 amide bonds. The van der Waals surface area contributed by atoms with Crippen LogP contribution in [0.15, 0.2) is 40.8 Å². The lowest BCUT2D eigenvalue weighted by Crippen LogP contribution is -2.33. The summed E-state index contributed by atoms with van der Waals surface area (Å²) in [6.45, 7) is 11.9. The second-order valence-corrected chi connectivity index (χ2v) is 15.8. The monoisotopic (exact) mass is 785 g/mol. The highest BCUT2D eigenvalue weighted by molar-refractivity contribution is 7.73. The number of carbonyl (C=O) groups is 1. The second-order valence-electron chi connectivity index (χ2n) is 15.2. The van der Waals surface area contributed by atoms with E-state index >= 15 is 0 Å². The van der Waals surface area contributed by atoms with Crippen molar-refractivity contribution in [2.45, 2.75) is 169 Å². The third-order valence-electron chi connectivity index (χ3n) is 10.9. The summed E-state index contributed by atoms with van der Waals surface area (Å²) in [5, 5.41) is 23.2. The Morgan fingerprint density at radius 3 is 1.75 bits per heavy atom. The molecule has 2 atom stereocenters. The Morgan fingerprint density at radius 1 is 0.764 bits per heavy atom. The predicted molar refractivity (Wildman–Crippen MR) is 223 cm³/mol. The van der Waals surface area contributed by atoms with Gasteiger partial charge in [0.1, 0.15) is 24.4 Å². The summed E-state index contributed by atoms with van der Waals surface area (Å²) in [7, 11) is 2.09. The number of nitrogens with zero attached hydrogens (tertiary/aromatic N) is 2. The molecule has 0 bridgehead atoms. The Bertz CT molecular complexity index is 1530. The first-order valence-electron chi connectivity index (χ1n) is 21.6. The first-order valence-corrected chi connectivity index (χ1v) is 22.6. The van der Waals surface area contributed by atoms with Crippen LogP contribution in [0.1, 0.15) is 168 Å². The number of carbonyl (C=O) groups excluding carboxylic acids is 1. The maximum atomic E-state index is 12.5. The Labute approximate surface area is 335 Å². The first-order chi connectivity index (χ1) is 26.7. The van der Waals surface area contributed by atoms with Crippen LogP contribution in [-0.2, 0) is 26.9 Å². The van der Waals surface area contributed by atoms with Crippen molar-refractivity contribution in [3.8, 4) is 11.3 Å². The molecule has 10 heteroatoms. The van der Waals surface area contributed by atoms with E-state index < -0.39 is 23.2 Å². The molecule has 1 heterocycles. The van der Waals surface area contributed by atoms with Gasteiger partial charge in [-0.25, -0.2) is 8.78 Å². The molecule has 2 unspecified atom stereocenters. The van der Waals surface area contributed by atoms with E-state index in [9.17, 15) is 9.90 Å². The number of benzene rings is 2. The van der Waals surface area contributed by atoms with Crippen molar-refractivity contribution in [3.63, 3.8) is 0 Å². The zero-order valence-corrected chi connectivity index (χ0v) is 35.7. The number of fused-ring (bicyclic) bond motifs is 2. The first kappa shape index (κ1) is 48.4. The van der Waals surface area contributed by atoms with E-state index in [0.29, 0.717) is 12.8 Å². The van der Waals surface area contributed by atoms with Crippen LogP contribution in [0.25, 0.3) is 22.3 Å². The summed E-state index contributed by atoms with van der Waals surface area (Å²) in [5.41, 5.74) is 4.00. The molecule has 1 aromatic rings. The van der Waals surface area contributed by atoms with E-state index in [1.54, 1.807) is 0 Å². The zero-order chi connectivity index (χ0) is 40.3. The minimum atomic E-state index is -2.88. The number of anilines is 1. The van der Waals surface area contributed by atoms with Crippen molar-refractivity contribution in [2.24, 2.45) is 5.92 Å². The lowest BCUT2D eigenvalue weighted by atomic mass is 9.88. The number of rotatable bonds is 29. The van der Waals surface area contributed by atoms with Gasteiger partial charge in [0.2, 0.25) is 5.36 Å². The van der Waals surface area contributed by atoms with Gasteiger partial charge < -0.3 is 33.4 Å². The van der Waals surface area contributed by atoms with Gasteiger partial charge in [0.15, 0.2) is 0 Å². The maximum absolute atomic E-state index is 12.5. The third-order valence-corrected chi connectivity index (χ3v) is 11.0. The molecule has 0 saturated heterocycles. The Morgan fingerprint density at radius 2 is 1.27 bits per heavy atom. The lowest BCUT2D eigenvalue weighted by molar-refractivity contribution is -0.635. The summed E-state index contributed by atoms with van der Waals surface area (Å²) in [5.74, 6) is -0.616. The van der Waals surface area contributed by atoms with Crippen LogP contribution in [0.3, 0.4) is 0 Å². The van der Waals surface area contributed by atoms with Gasteiger partial charge in [-0.05, 0) is 43.5 Å². The number of hydrogen-bond acceptors (Lipinski definition) is 8. The molecule has 0 saturated carbocycles. The van der Waals surface area contributed by atoms with E-state index in [0.717, 1.165) is 91.7 Å². The minimum absolute atomic E-state index is 0.460. The van der Waals surface area contributed by atoms with E-state index in [1.165, 1.54) is 95.2 Å². The van der Waals surface area contributed by atoms with Crippen LogP contribution in [0.2, 0.25) is 0 Å². The lowest BCUT2D eigenvalue weighted by Gasteiger charge is -2.23. The van der Waals surface area contributed by atoms with Crippen molar-refractivity contribution in [1.29, 1.82) is 0 Å². The SMILES string of the molecule is CCCCCCCCCCCCCCCCCCC(Cc1c2ccc(=[N+](CCCC)CCCC)cc-2oc2cc(N(C)CC)ccc12)C(=O)[O-].O=S([O-])O[O-]. The van der Waals surface area contributed by atoms with E-state index in [1.807, 2.05) is 0 Å². The molecular formula is C45H72N2O7S-2. The summed E-state index contributed by atoms with van der Waals surface area (Å²) in [6, 6.07) is 12.9. The fourth-order valence-corrected chi connectivity index (χ4v) is 7.35. The van der Waals surface area contributed by atoms with Gasteiger partial charge in [-0.2, -0.15) is 0 Å². The van der Waals surface area contributed by atoms with Crippen molar-refractivity contribution < 1.29 is 32.7 Å². The standard InChI is InChI=1S/C45H72N2O3.H2O4S/c1-6-10-13-14-15-16-17-18-19-20-21-22-23-24-25-26-27-37(45(48)49)34-42-40-30-28-38(46(5)9-4)35-43(40)50-44-36-39(29-31-41(42)44)47(32-11-7-2)33-12-8-3;1-4-5(2)3/h28-31,35-37H,6-27,32-34H2,1-5H3;1H,(H,2,3)/p-2. The van der Waals surface area contributed by atoms with Gasteiger partial charge in [-0.3, -0.25) is 0 Å². The number of carboxylic acids is 1. The van der Waals surface area contributed by atoms with Crippen LogP contribution in [0.5, 0.6) is 0 Å². The zero-order valence-electron chi connectivity index (χ0n) is 34.9. The molecule has 2 aliphatic rings. The number of hydrogen-bond donors (Lipinski definition) is 0. The average molecular weight is 785 g/mol. The van der Waals surface area contributed by atoms with Crippen molar-refractivity contribution in [3.05, 3.63) is 47.3 Å². The minimum Gasteiger partial charge on any atom is -0.750 e. The second kappa shape index (κ2) is 29.5. The summed E-state index contributed by atoms with van der Waals surface area (Å²) in [4.78, 5) is 14.7. The van der Waals surface area contributed by atoms with Crippen LogP contribution in [0, 0.1) is 5.92 Å². The van der Waals surface area contributed by atoms with Gasteiger partial charge in [0, 0.05) is 67.1 Å². The van der Waals surface area contributed by atoms with E-state index in [2.05, 4.69) is 85.0 Å². The Kier molecular flexibility index (Phi) is 25.9. The average Bonchev–Trinajstić information content (AvgIpc) is 3.19. The van der Waals surface area contributed by atoms with Crippen molar-refractivity contribution in [1.82, 2.24) is 4.58 Å². The fraction of sp³-hybridized carbons (Fsp3) is 0.689. The summed E-state index contributed by atoms with van der Waals surface area (Å²) >= 11 is -2.88. The van der Waals surface area contributed by atoms with E-state index in [4.69, 9.17) is 18.4 Å². The van der Waals surface area contributed by atoms with Crippen LogP contribution in [-0.4, -0.2) is 41.4 Å². The van der Waals surface area contributed by atoms with Crippen LogP contribution >= 0.6 is 0 Å². The molecule has 1 aromatic carbocycles. The fourth-order valence-electron chi connectivity index (χ4n) is 7.35. The van der Waals surface area contributed by atoms with Crippen LogP contribution < -0.4 is 25.2 Å². The molecule has 0 N–H and O–H groups in total. The van der Waals surface area contributed by atoms with Crippen LogP contribution in [0.4, 0.5) is 5.69 Å². The molecule has 55 heavy (non-hydrogen) atoms. The quantitative estimate of drug-likeness (QED) is 0.0170. The number of carboxylic acid groups (broad SMARTS) is 1. The van der Waals surface area contributed by atoms with E-state index in [-0.39, 0.29) is 0 Å². The summed E-state index contributed by atoms with van der Waals surface area (Å²) in [6.07, 6.45) is 26.8. The molecule has 1 aliphatic heterocycles. The maximum Gasteiger partial charge on any atom is 0.203 e. The number of aliphatic carboxylic acids is 1. The van der Waals surface area contributed by atoms with Gasteiger partial charge in [0.05, 0.1) is 17.4 Å². The van der Waals surface area contributed by atoms with Gasteiger partial charge in [-0.1, -0.05) is 136 Å². The molecular weight excluding hydrogens is 713 g/mol. The predicted octanol–water partition coefficient (Wildman–Crippen LogP) is 9.00. The highest BCUT2D eigenvalue weighted by atomic mass is 32.2. The largest absolute Gasteiger partial charge is 0.750 e. The highest BCUT2D eigenvalue weighted by Crippen LogP contribution is 2.36. The Hall–Kier alpha value is -2.79. The molecule has 0 aromatic heterocycles. The molecule has 0 spiro atoms. The van der Waals surface area contributed by atoms with Gasteiger partial charge in [-0.15, -0.1) is 0 Å². The summed E-state index contributed by atoms with van der Waals surface area (Å²) < 4.78 is 29.2. The smallest absolute Gasteiger partial charge is 0.203 e. The van der Waals surface area contributed by atoms with Gasteiger partial charge >= 0.3 is 0 Å². The topological polar surface area (TPSA) is 132 Å². The third kappa shape index (κ3) is 18.8. The molecule has 1 aliphatic carbocycles. The number of unbranched alkanes of at least 4 members (excludes halogenated alkanes) is 17. The highest BCUT2D eigenvalue weighted by Gasteiger charge is 2.22. The van der Waals surface area contributed by atoms with Gasteiger partial charge in [0.25, 0.3) is 0 Å². The van der Waals surface area contributed by atoms with Crippen molar-refractivity contribution in [2.75, 3.05) is 31.6 Å². The Balaban J connectivity index is 0.00000196. The molecule has 9 nitrogen and oxygen atoms in total.